The number of benzene rings is 3. The van der Waals surface area contributed by atoms with E-state index in [1.54, 1.807) is 0 Å². The zero-order valence-electron chi connectivity index (χ0n) is 23.4. The molecule has 0 aliphatic carbocycles. The lowest BCUT2D eigenvalue weighted by Crippen LogP contribution is -2.46. The van der Waals surface area contributed by atoms with Gasteiger partial charge in [0.15, 0.2) is 24.6 Å². The minimum Gasteiger partial charge on any atom is -0.455 e. The van der Waals surface area contributed by atoms with Crippen LogP contribution in [0.3, 0.4) is 0 Å². The molecular weight excluding hydrogens is 488 g/mol. The highest BCUT2D eigenvalue weighted by Crippen LogP contribution is 2.44. The smallest absolute Gasteiger partial charge is 0.221 e. The number of rotatable bonds is 5. The molecule has 3 heteroatoms. The average Bonchev–Trinajstić information content (AvgIpc) is 3.35. The van der Waals surface area contributed by atoms with Gasteiger partial charge in [-0.05, 0) is 92.8 Å². The van der Waals surface area contributed by atoms with Crippen LogP contribution in [0.1, 0.15) is 47.6 Å². The van der Waals surface area contributed by atoms with E-state index in [-0.39, 0.29) is 0 Å². The molecule has 7 rings (SSSR count). The SMILES string of the molecule is C=C[n+]1ccccc1-c1c(CCC2c3c(C)cccc3-c3cccc[n+]3C2C)c(C)cc2c1oc1ccccc12. The van der Waals surface area contributed by atoms with Gasteiger partial charge >= 0.3 is 0 Å². The Hall–Kier alpha value is -4.50. The monoisotopic (exact) mass is 522 g/mol. The number of hydrogen-bond acceptors (Lipinski definition) is 1. The zero-order chi connectivity index (χ0) is 27.4. The van der Waals surface area contributed by atoms with Crippen molar-refractivity contribution in [3.8, 4) is 22.5 Å². The number of furan rings is 1. The van der Waals surface area contributed by atoms with E-state index in [9.17, 15) is 0 Å². The van der Waals surface area contributed by atoms with E-state index in [0.29, 0.717) is 12.0 Å². The molecule has 0 spiro atoms. The Labute approximate surface area is 235 Å². The van der Waals surface area contributed by atoms with Crippen LogP contribution in [0.5, 0.6) is 0 Å². The standard InChI is InChI=1S/C37H34N2O/c1-5-38-21-10-8-17-33(38)36-27(25(3)23-31-29-14-6-7-18-34(29)40-37(31)36)19-20-28-26(4)39-22-11-9-16-32(39)30-15-12-13-24(2)35(28)30/h5-18,21-23,26,28H,1,19-20H2,2-4H3/q+2. The van der Waals surface area contributed by atoms with E-state index in [4.69, 9.17) is 4.42 Å². The number of aryl methyl sites for hydroxylation is 2. The van der Waals surface area contributed by atoms with Gasteiger partial charge in [0, 0.05) is 41.0 Å². The fourth-order valence-electron chi connectivity index (χ4n) is 7.01. The van der Waals surface area contributed by atoms with E-state index in [2.05, 4.69) is 128 Å². The Morgan fingerprint density at radius 3 is 2.45 bits per heavy atom. The molecule has 0 N–H and O–H groups in total. The molecule has 3 nitrogen and oxygen atoms in total. The normalized spacial score (nSPS) is 16.2. The van der Waals surface area contributed by atoms with Crippen molar-refractivity contribution in [3.63, 3.8) is 0 Å². The summed E-state index contributed by atoms with van der Waals surface area (Å²) in [5, 5.41) is 2.33. The van der Waals surface area contributed by atoms with Gasteiger partial charge in [-0.3, -0.25) is 0 Å². The van der Waals surface area contributed by atoms with Gasteiger partial charge in [0.1, 0.15) is 11.2 Å². The second kappa shape index (κ2) is 9.60. The summed E-state index contributed by atoms with van der Waals surface area (Å²) < 4.78 is 11.2. The average molecular weight is 523 g/mol. The molecule has 0 amide bonds. The van der Waals surface area contributed by atoms with E-state index >= 15 is 0 Å². The predicted octanol–water partition coefficient (Wildman–Crippen LogP) is 8.50. The van der Waals surface area contributed by atoms with Crippen LogP contribution >= 0.6 is 0 Å². The number of para-hydroxylation sites is 1. The van der Waals surface area contributed by atoms with Crippen molar-refractivity contribution in [2.45, 2.75) is 45.6 Å². The third kappa shape index (κ3) is 3.72. The molecule has 0 fully saturated rings. The highest BCUT2D eigenvalue weighted by molar-refractivity contribution is 6.10. The van der Waals surface area contributed by atoms with Gasteiger partial charge in [0.2, 0.25) is 11.4 Å². The number of aromatic nitrogens is 2. The van der Waals surface area contributed by atoms with E-state index in [1.165, 1.54) is 44.5 Å². The van der Waals surface area contributed by atoms with Crippen LogP contribution in [0.2, 0.25) is 0 Å². The predicted molar refractivity (Wildman–Crippen MR) is 163 cm³/mol. The first-order chi connectivity index (χ1) is 19.6. The van der Waals surface area contributed by atoms with Gasteiger partial charge in [-0.1, -0.05) is 30.3 Å². The summed E-state index contributed by atoms with van der Waals surface area (Å²) in [5.41, 5.74) is 12.3. The fraction of sp³-hybridized carbons (Fsp3) is 0.189. The van der Waals surface area contributed by atoms with E-state index in [1.807, 2.05) is 12.3 Å². The third-order valence-electron chi connectivity index (χ3n) is 8.93. The largest absolute Gasteiger partial charge is 0.455 e. The van der Waals surface area contributed by atoms with Crippen molar-refractivity contribution in [1.82, 2.24) is 0 Å². The molecule has 0 saturated heterocycles. The zero-order valence-corrected chi connectivity index (χ0v) is 23.4. The van der Waals surface area contributed by atoms with Gasteiger partial charge < -0.3 is 4.42 Å². The van der Waals surface area contributed by atoms with Crippen molar-refractivity contribution in [2.75, 3.05) is 0 Å². The molecule has 3 aromatic heterocycles. The van der Waals surface area contributed by atoms with Gasteiger partial charge in [-0.15, -0.1) is 0 Å². The van der Waals surface area contributed by atoms with Gasteiger partial charge in [0.25, 0.3) is 0 Å². The molecule has 2 atom stereocenters. The van der Waals surface area contributed by atoms with E-state index < -0.39 is 0 Å². The Kier molecular flexibility index (Phi) is 5.89. The number of nitrogens with zero attached hydrogens (tertiary/aromatic N) is 2. The topological polar surface area (TPSA) is 20.9 Å². The lowest BCUT2D eigenvalue weighted by molar-refractivity contribution is -0.714. The first-order valence-electron chi connectivity index (χ1n) is 14.2. The molecule has 3 aromatic carbocycles. The molecule has 1 aliphatic rings. The van der Waals surface area contributed by atoms with Gasteiger partial charge in [0.05, 0.1) is 11.1 Å². The Bertz CT molecular complexity index is 1930. The van der Waals surface area contributed by atoms with Gasteiger partial charge in [-0.2, -0.15) is 9.13 Å². The molecule has 1 aliphatic heterocycles. The highest BCUT2D eigenvalue weighted by atomic mass is 16.3. The van der Waals surface area contributed by atoms with Crippen LogP contribution in [0.15, 0.2) is 108 Å². The van der Waals surface area contributed by atoms with Gasteiger partial charge in [-0.25, -0.2) is 0 Å². The lowest BCUT2D eigenvalue weighted by atomic mass is 9.77. The Morgan fingerprint density at radius 2 is 1.60 bits per heavy atom. The third-order valence-corrected chi connectivity index (χ3v) is 8.93. The van der Waals surface area contributed by atoms with Crippen molar-refractivity contribution in [3.05, 3.63) is 126 Å². The van der Waals surface area contributed by atoms with Crippen molar-refractivity contribution >= 4 is 28.1 Å². The van der Waals surface area contributed by atoms with Crippen LogP contribution in [0.25, 0.3) is 50.7 Å². The second-order valence-electron chi connectivity index (χ2n) is 11.1. The maximum absolute atomic E-state index is 6.62. The first-order valence-corrected chi connectivity index (χ1v) is 14.2. The number of pyridine rings is 2. The Morgan fingerprint density at radius 1 is 0.825 bits per heavy atom. The Balaban J connectivity index is 1.41. The second-order valence-corrected chi connectivity index (χ2v) is 11.1. The maximum atomic E-state index is 6.62. The number of hydrogen-bond donors (Lipinski definition) is 0. The molecule has 196 valence electrons. The van der Waals surface area contributed by atoms with Crippen molar-refractivity contribution < 1.29 is 13.6 Å². The molecule has 0 radical (unpaired) electrons. The summed E-state index contributed by atoms with van der Waals surface area (Å²) in [6.45, 7) is 11.0. The molecule has 0 bridgehead atoms. The van der Waals surface area contributed by atoms with Crippen LogP contribution in [0.4, 0.5) is 0 Å². The molecule has 4 heterocycles. The van der Waals surface area contributed by atoms with Crippen molar-refractivity contribution in [1.29, 1.82) is 0 Å². The molecule has 2 unspecified atom stereocenters. The summed E-state index contributed by atoms with van der Waals surface area (Å²) in [7, 11) is 0. The summed E-state index contributed by atoms with van der Waals surface area (Å²) in [6.07, 6.45) is 8.19. The van der Waals surface area contributed by atoms with Crippen LogP contribution in [0, 0.1) is 13.8 Å². The summed E-state index contributed by atoms with van der Waals surface area (Å²) in [6, 6.07) is 30.7. The van der Waals surface area contributed by atoms with Crippen LogP contribution in [-0.2, 0) is 6.42 Å². The molecule has 0 saturated carbocycles. The van der Waals surface area contributed by atoms with Crippen LogP contribution < -0.4 is 9.13 Å². The maximum Gasteiger partial charge on any atom is 0.221 e. The summed E-state index contributed by atoms with van der Waals surface area (Å²) >= 11 is 0. The molecule has 40 heavy (non-hydrogen) atoms. The quantitative estimate of drug-likeness (QED) is 0.208. The summed E-state index contributed by atoms with van der Waals surface area (Å²) in [4.78, 5) is 0. The minimum atomic E-state index is 0.360. The molecular formula is C37H34N2O+2. The minimum absolute atomic E-state index is 0.360. The van der Waals surface area contributed by atoms with E-state index in [0.717, 1.165) is 35.1 Å². The van der Waals surface area contributed by atoms with Crippen LogP contribution in [-0.4, -0.2) is 0 Å². The summed E-state index contributed by atoms with van der Waals surface area (Å²) in [5.74, 6) is 0.400. The van der Waals surface area contributed by atoms with Crippen molar-refractivity contribution in [2.24, 2.45) is 0 Å². The fourth-order valence-corrected chi connectivity index (χ4v) is 7.01. The lowest BCUT2D eigenvalue weighted by Gasteiger charge is -2.30. The number of fused-ring (bicyclic) bond motifs is 6. The highest BCUT2D eigenvalue weighted by Gasteiger charge is 2.38. The molecule has 6 aromatic rings. The first kappa shape index (κ1) is 24.5.